The highest BCUT2D eigenvalue weighted by Crippen LogP contribution is 2.18. The lowest BCUT2D eigenvalue weighted by molar-refractivity contribution is 0.0225. The van der Waals surface area contributed by atoms with Crippen LogP contribution in [-0.2, 0) is 4.74 Å². The highest BCUT2D eigenvalue weighted by atomic mass is 16.6. The maximum absolute atomic E-state index is 12.1. The predicted octanol–water partition coefficient (Wildman–Crippen LogP) is 4.85. The van der Waals surface area contributed by atoms with E-state index in [1.54, 1.807) is 0 Å². The van der Waals surface area contributed by atoms with Gasteiger partial charge in [-0.05, 0) is 46.5 Å². The number of nitrogens with zero attached hydrogens (tertiary/aromatic N) is 1. The number of rotatable bonds is 8. The van der Waals surface area contributed by atoms with Gasteiger partial charge in [0, 0.05) is 13.1 Å². The first kappa shape index (κ1) is 18.3. The third kappa shape index (κ3) is 8.90. The van der Waals surface area contributed by atoms with Gasteiger partial charge in [0.2, 0.25) is 0 Å². The van der Waals surface area contributed by atoms with E-state index in [-0.39, 0.29) is 6.09 Å². The van der Waals surface area contributed by atoms with Gasteiger partial charge in [0.1, 0.15) is 5.60 Å². The van der Waals surface area contributed by atoms with Crippen LogP contribution in [0.1, 0.15) is 73.6 Å². The molecule has 114 valence electrons. The molecule has 0 aliphatic carbocycles. The molecule has 0 aliphatic heterocycles. The van der Waals surface area contributed by atoms with Gasteiger partial charge in [0.05, 0.1) is 0 Å². The van der Waals surface area contributed by atoms with Crippen LogP contribution < -0.4 is 0 Å². The first-order valence-electron chi connectivity index (χ1n) is 7.81. The van der Waals surface area contributed by atoms with E-state index >= 15 is 0 Å². The van der Waals surface area contributed by atoms with E-state index in [0.29, 0.717) is 5.92 Å². The Balaban J connectivity index is 4.43. The minimum absolute atomic E-state index is 0.174. The Labute approximate surface area is 119 Å². The highest BCUT2D eigenvalue weighted by molar-refractivity contribution is 5.68. The number of amides is 1. The SMILES string of the molecule is CCCCC(CCC)CN(CC)C(=O)OC(C)(C)C. The molecule has 0 aliphatic rings. The number of hydrogen-bond acceptors (Lipinski definition) is 2. The van der Waals surface area contributed by atoms with Crippen molar-refractivity contribution >= 4 is 6.09 Å². The molecule has 19 heavy (non-hydrogen) atoms. The molecule has 0 heterocycles. The summed E-state index contributed by atoms with van der Waals surface area (Å²) in [7, 11) is 0. The van der Waals surface area contributed by atoms with Gasteiger partial charge in [-0.25, -0.2) is 4.79 Å². The summed E-state index contributed by atoms with van der Waals surface area (Å²) in [4.78, 5) is 14.0. The maximum Gasteiger partial charge on any atom is 0.410 e. The normalized spacial score (nSPS) is 13.2. The summed E-state index contributed by atoms with van der Waals surface area (Å²) in [6.07, 6.45) is 5.88. The molecule has 0 aromatic rings. The molecular weight excluding hydrogens is 238 g/mol. The molecule has 1 unspecified atom stereocenters. The van der Waals surface area contributed by atoms with Crippen LogP contribution >= 0.6 is 0 Å². The van der Waals surface area contributed by atoms with Crippen LogP contribution in [0, 0.1) is 5.92 Å². The van der Waals surface area contributed by atoms with Crippen molar-refractivity contribution in [2.45, 2.75) is 79.2 Å². The summed E-state index contributed by atoms with van der Waals surface area (Å²) in [5.74, 6) is 0.609. The third-order valence-corrected chi connectivity index (χ3v) is 3.17. The summed E-state index contributed by atoms with van der Waals surface area (Å²) in [5, 5.41) is 0. The van der Waals surface area contributed by atoms with Crippen LogP contribution in [0.5, 0.6) is 0 Å². The standard InChI is InChI=1S/C16H33NO2/c1-7-10-12-14(11-8-2)13-17(9-3)15(18)19-16(4,5)6/h14H,7-13H2,1-6H3. The van der Waals surface area contributed by atoms with Crippen molar-refractivity contribution in [3.63, 3.8) is 0 Å². The van der Waals surface area contributed by atoms with Crippen LogP contribution in [0.4, 0.5) is 4.79 Å². The zero-order valence-corrected chi connectivity index (χ0v) is 13.8. The Morgan fingerprint density at radius 1 is 1.11 bits per heavy atom. The van der Waals surface area contributed by atoms with E-state index in [1.807, 2.05) is 32.6 Å². The maximum atomic E-state index is 12.1. The molecular formula is C16H33NO2. The van der Waals surface area contributed by atoms with Crippen molar-refractivity contribution in [1.82, 2.24) is 4.90 Å². The Kier molecular flexibility index (Phi) is 8.86. The van der Waals surface area contributed by atoms with Crippen molar-refractivity contribution in [3.05, 3.63) is 0 Å². The molecule has 0 radical (unpaired) electrons. The molecule has 0 rings (SSSR count). The fourth-order valence-electron chi connectivity index (χ4n) is 2.20. The van der Waals surface area contributed by atoms with Crippen LogP contribution in [0.3, 0.4) is 0 Å². The smallest absolute Gasteiger partial charge is 0.410 e. The minimum Gasteiger partial charge on any atom is -0.444 e. The molecule has 0 aromatic heterocycles. The summed E-state index contributed by atoms with van der Waals surface area (Å²) in [5.41, 5.74) is -0.409. The Bertz CT molecular complexity index is 246. The van der Waals surface area contributed by atoms with Gasteiger partial charge < -0.3 is 9.64 Å². The second kappa shape index (κ2) is 9.22. The van der Waals surface area contributed by atoms with Crippen molar-refractivity contribution in [3.8, 4) is 0 Å². The zero-order chi connectivity index (χ0) is 14.9. The van der Waals surface area contributed by atoms with Crippen molar-refractivity contribution in [1.29, 1.82) is 0 Å². The molecule has 0 bridgehead atoms. The van der Waals surface area contributed by atoms with Gasteiger partial charge in [0.15, 0.2) is 0 Å². The summed E-state index contributed by atoms with van der Waals surface area (Å²) >= 11 is 0. The fourth-order valence-corrected chi connectivity index (χ4v) is 2.20. The van der Waals surface area contributed by atoms with E-state index in [0.717, 1.165) is 13.1 Å². The molecule has 0 saturated heterocycles. The molecule has 0 saturated carbocycles. The van der Waals surface area contributed by atoms with Gasteiger partial charge in [-0.1, -0.05) is 33.1 Å². The number of carbonyl (C=O) groups excluding carboxylic acids is 1. The fraction of sp³-hybridized carbons (Fsp3) is 0.938. The van der Waals surface area contributed by atoms with Crippen LogP contribution in [-0.4, -0.2) is 29.7 Å². The van der Waals surface area contributed by atoms with Crippen molar-refractivity contribution in [2.75, 3.05) is 13.1 Å². The lowest BCUT2D eigenvalue weighted by Crippen LogP contribution is -2.39. The van der Waals surface area contributed by atoms with Gasteiger partial charge in [-0.2, -0.15) is 0 Å². The minimum atomic E-state index is -0.409. The summed E-state index contributed by atoms with van der Waals surface area (Å²) in [6, 6.07) is 0. The van der Waals surface area contributed by atoms with E-state index in [4.69, 9.17) is 4.74 Å². The molecule has 0 N–H and O–H groups in total. The first-order valence-corrected chi connectivity index (χ1v) is 7.81. The van der Waals surface area contributed by atoms with E-state index in [9.17, 15) is 4.79 Å². The quantitative estimate of drug-likeness (QED) is 0.631. The van der Waals surface area contributed by atoms with Gasteiger partial charge in [0.25, 0.3) is 0 Å². The van der Waals surface area contributed by atoms with E-state index in [1.165, 1.54) is 32.1 Å². The molecule has 0 fully saturated rings. The lowest BCUT2D eigenvalue weighted by Gasteiger charge is -2.29. The molecule has 0 spiro atoms. The van der Waals surface area contributed by atoms with Crippen LogP contribution in [0.25, 0.3) is 0 Å². The Morgan fingerprint density at radius 3 is 2.16 bits per heavy atom. The monoisotopic (exact) mass is 271 g/mol. The molecule has 1 atom stereocenters. The number of carbonyl (C=O) groups is 1. The number of ether oxygens (including phenoxy) is 1. The molecule has 0 aromatic carbocycles. The number of unbranched alkanes of at least 4 members (excludes halogenated alkanes) is 1. The second-order valence-electron chi connectivity index (χ2n) is 6.32. The van der Waals surface area contributed by atoms with Gasteiger partial charge in [-0.15, -0.1) is 0 Å². The van der Waals surface area contributed by atoms with Crippen LogP contribution in [0.15, 0.2) is 0 Å². The first-order chi connectivity index (χ1) is 8.84. The Hall–Kier alpha value is -0.730. The topological polar surface area (TPSA) is 29.5 Å². The van der Waals surface area contributed by atoms with E-state index < -0.39 is 5.60 Å². The van der Waals surface area contributed by atoms with Gasteiger partial charge >= 0.3 is 6.09 Å². The number of hydrogen-bond donors (Lipinski definition) is 0. The average molecular weight is 271 g/mol. The third-order valence-electron chi connectivity index (χ3n) is 3.17. The average Bonchev–Trinajstić information content (AvgIpc) is 2.30. The van der Waals surface area contributed by atoms with Crippen molar-refractivity contribution in [2.24, 2.45) is 5.92 Å². The van der Waals surface area contributed by atoms with Crippen LogP contribution in [0.2, 0.25) is 0 Å². The zero-order valence-electron chi connectivity index (χ0n) is 13.8. The molecule has 1 amide bonds. The van der Waals surface area contributed by atoms with Crippen molar-refractivity contribution < 1.29 is 9.53 Å². The van der Waals surface area contributed by atoms with E-state index in [2.05, 4.69) is 13.8 Å². The second-order valence-corrected chi connectivity index (χ2v) is 6.32. The Morgan fingerprint density at radius 2 is 1.74 bits per heavy atom. The predicted molar refractivity (Wildman–Crippen MR) is 81.4 cm³/mol. The molecule has 3 heteroatoms. The summed E-state index contributed by atoms with van der Waals surface area (Å²) < 4.78 is 5.46. The summed E-state index contributed by atoms with van der Waals surface area (Å²) in [6.45, 7) is 13.8. The largest absolute Gasteiger partial charge is 0.444 e. The lowest BCUT2D eigenvalue weighted by atomic mass is 9.96. The van der Waals surface area contributed by atoms with Gasteiger partial charge in [-0.3, -0.25) is 0 Å². The highest BCUT2D eigenvalue weighted by Gasteiger charge is 2.23. The molecule has 3 nitrogen and oxygen atoms in total.